The van der Waals surface area contributed by atoms with Crippen LogP contribution in [0.15, 0.2) is 47.6 Å². The number of nitrogens with one attached hydrogen (secondary N) is 2. The summed E-state index contributed by atoms with van der Waals surface area (Å²) in [5, 5.41) is 30.9. The third-order valence-electron chi connectivity index (χ3n) is 2.89. The molecule has 8 heteroatoms. The van der Waals surface area contributed by atoms with E-state index >= 15 is 0 Å². The van der Waals surface area contributed by atoms with E-state index in [9.17, 15) is 14.7 Å². The van der Waals surface area contributed by atoms with Crippen molar-refractivity contribution in [3.05, 3.63) is 59.2 Å². The number of rotatable bonds is 4. The standard InChI is InChI=1S/C15H13N3O5/c19-12-6-5-11(13(20)7-12)8-16-17-14(21)9-1-3-10(4-2-9)15(22)18-23/h1-8,19-20,23H,(H,17,21)(H,18,22)/b16-8+. The Kier molecular flexibility index (Phi) is 4.90. The first-order valence-electron chi connectivity index (χ1n) is 6.41. The van der Waals surface area contributed by atoms with E-state index in [-0.39, 0.29) is 22.6 Å². The number of amides is 2. The van der Waals surface area contributed by atoms with Crippen molar-refractivity contribution >= 4 is 18.0 Å². The molecule has 5 N–H and O–H groups in total. The van der Waals surface area contributed by atoms with Gasteiger partial charge in [-0.25, -0.2) is 10.9 Å². The number of hydrogen-bond donors (Lipinski definition) is 5. The SMILES string of the molecule is O=C(NO)c1ccc(C(=O)N/N=C/c2ccc(O)cc2O)cc1. The summed E-state index contributed by atoms with van der Waals surface area (Å²) in [4.78, 5) is 23.0. The maximum atomic E-state index is 11.8. The largest absolute Gasteiger partial charge is 0.508 e. The van der Waals surface area contributed by atoms with Gasteiger partial charge in [-0.05, 0) is 36.4 Å². The molecule has 2 amide bonds. The van der Waals surface area contributed by atoms with Gasteiger partial charge in [-0.1, -0.05) is 0 Å². The minimum absolute atomic E-state index is 0.0873. The number of hydrogen-bond acceptors (Lipinski definition) is 6. The maximum Gasteiger partial charge on any atom is 0.274 e. The zero-order valence-corrected chi connectivity index (χ0v) is 11.7. The van der Waals surface area contributed by atoms with Crippen molar-refractivity contribution in [3.8, 4) is 11.5 Å². The van der Waals surface area contributed by atoms with Crippen molar-refractivity contribution in [3.63, 3.8) is 0 Å². The second-order valence-corrected chi connectivity index (χ2v) is 4.46. The lowest BCUT2D eigenvalue weighted by atomic mass is 10.1. The van der Waals surface area contributed by atoms with E-state index in [1.165, 1.54) is 48.1 Å². The van der Waals surface area contributed by atoms with Gasteiger partial charge in [0.2, 0.25) is 0 Å². The van der Waals surface area contributed by atoms with Crippen molar-refractivity contribution in [2.75, 3.05) is 0 Å². The number of benzene rings is 2. The molecule has 118 valence electrons. The highest BCUT2D eigenvalue weighted by Crippen LogP contribution is 2.20. The van der Waals surface area contributed by atoms with Crippen molar-refractivity contribution < 1.29 is 25.0 Å². The molecule has 0 heterocycles. The Hall–Kier alpha value is -3.39. The number of aromatic hydroxyl groups is 2. The molecule has 0 spiro atoms. The number of nitrogens with zero attached hydrogens (tertiary/aromatic N) is 1. The minimum atomic E-state index is -0.683. The fraction of sp³-hybridized carbons (Fsp3) is 0. The van der Waals surface area contributed by atoms with Gasteiger partial charge in [-0.15, -0.1) is 0 Å². The Morgan fingerprint density at radius 1 is 0.957 bits per heavy atom. The topological polar surface area (TPSA) is 131 Å². The number of hydroxylamine groups is 1. The molecule has 8 nitrogen and oxygen atoms in total. The molecule has 0 aliphatic carbocycles. The number of phenolic OH excluding ortho intramolecular Hbond substituents is 2. The zero-order chi connectivity index (χ0) is 16.8. The van der Waals surface area contributed by atoms with Crippen LogP contribution in [0.1, 0.15) is 26.3 Å². The van der Waals surface area contributed by atoms with E-state index in [1.54, 1.807) is 0 Å². The van der Waals surface area contributed by atoms with Gasteiger partial charge >= 0.3 is 0 Å². The molecule has 0 saturated heterocycles. The Morgan fingerprint density at radius 3 is 2.13 bits per heavy atom. The van der Waals surface area contributed by atoms with Crippen LogP contribution in [0.5, 0.6) is 11.5 Å². The van der Waals surface area contributed by atoms with Gasteiger partial charge in [-0.2, -0.15) is 5.10 Å². The van der Waals surface area contributed by atoms with Crippen LogP contribution in [0, 0.1) is 0 Å². The van der Waals surface area contributed by atoms with Gasteiger partial charge < -0.3 is 10.2 Å². The molecule has 2 rings (SSSR count). The molecule has 0 aromatic heterocycles. The van der Waals surface area contributed by atoms with Crippen LogP contribution in [0.4, 0.5) is 0 Å². The molecule has 2 aromatic carbocycles. The monoisotopic (exact) mass is 315 g/mol. The maximum absolute atomic E-state index is 11.8. The van der Waals surface area contributed by atoms with Crippen LogP contribution in [-0.2, 0) is 0 Å². The molecular formula is C15H13N3O5. The van der Waals surface area contributed by atoms with Crippen LogP contribution in [0.25, 0.3) is 0 Å². The van der Waals surface area contributed by atoms with Gasteiger partial charge in [0.25, 0.3) is 11.8 Å². The first-order chi connectivity index (χ1) is 11.0. The first-order valence-corrected chi connectivity index (χ1v) is 6.41. The van der Waals surface area contributed by atoms with Crippen LogP contribution >= 0.6 is 0 Å². The van der Waals surface area contributed by atoms with Crippen LogP contribution < -0.4 is 10.9 Å². The van der Waals surface area contributed by atoms with Gasteiger partial charge in [-0.3, -0.25) is 14.8 Å². The highest BCUT2D eigenvalue weighted by molar-refractivity contribution is 5.97. The fourth-order valence-electron chi connectivity index (χ4n) is 1.70. The van der Waals surface area contributed by atoms with E-state index < -0.39 is 11.8 Å². The molecule has 0 unspecified atom stereocenters. The van der Waals surface area contributed by atoms with E-state index in [0.717, 1.165) is 6.07 Å². The molecule has 2 aromatic rings. The number of phenols is 2. The highest BCUT2D eigenvalue weighted by atomic mass is 16.5. The fourth-order valence-corrected chi connectivity index (χ4v) is 1.70. The lowest BCUT2D eigenvalue weighted by molar-refractivity contribution is 0.0706. The van der Waals surface area contributed by atoms with Gasteiger partial charge in [0.1, 0.15) is 11.5 Å². The van der Waals surface area contributed by atoms with E-state index in [4.69, 9.17) is 10.3 Å². The normalized spacial score (nSPS) is 10.5. The predicted octanol–water partition coefficient (Wildman–Crippen LogP) is 0.981. The molecule has 0 saturated carbocycles. The highest BCUT2D eigenvalue weighted by Gasteiger charge is 2.07. The number of carbonyl (C=O) groups is 2. The summed E-state index contributed by atoms with van der Waals surface area (Å²) >= 11 is 0. The molecule has 0 atom stereocenters. The Morgan fingerprint density at radius 2 is 1.57 bits per heavy atom. The predicted molar refractivity (Wildman–Crippen MR) is 80.5 cm³/mol. The second kappa shape index (κ2) is 7.05. The first kappa shape index (κ1) is 16.0. The zero-order valence-electron chi connectivity index (χ0n) is 11.7. The Bertz CT molecular complexity index is 756. The summed E-state index contributed by atoms with van der Waals surface area (Å²) in [6.07, 6.45) is 1.22. The second-order valence-electron chi connectivity index (χ2n) is 4.46. The van der Waals surface area contributed by atoms with Gasteiger partial charge in [0.15, 0.2) is 0 Å². The summed E-state index contributed by atoms with van der Waals surface area (Å²) in [5.41, 5.74) is 4.52. The third-order valence-corrected chi connectivity index (χ3v) is 2.89. The van der Waals surface area contributed by atoms with Gasteiger partial charge in [0.05, 0.1) is 6.21 Å². The summed E-state index contributed by atoms with van der Waals surface area (Å²) in [7, 11) is 0. The average molecular weight is 315 g/mol. The lowest BCUT2D eigenvalue weighted by Crippen LogP contribution is -2.20. The molecule has 23 heavy (non-hydrogen) atoms. The summed E-state index contributed by atoms with van der Waals surface area (Å²) in [5.74, 6) is -1.47. The van der Waals surface area contributed by atoms with E-state index in [2.05, 4.69) is 10.5 Å². The van der Waals surface area contributed by atoms with E-state index in [0.29, 0.717) is 5.56 Å². The summed E-state index contributed by atoms with van der Waals surface area (Å²) in [6, 6.07) is 9.48. The van der Waals surface area contributed by atoms with Gasteiger partial charge in [0, 0.05) is 22.8 Å². The van der Waals surface area contributed by atoms with Crippen LogP contribution in [0.2, 0.25) is 0 Å². The number of hydrazone groups is 1. The average Bonchev–Trinajstić information content (AvgIpc) is 2.56. The molecular weight excluding hydrogens is 302 g/mol. The summed E-state index contributed by atoms with van der Waals surface area (Å²) < 4.78 is 0. The van der Waals surface area contributed by atoms with Crippen LogP contribution in [0.3, 0.4) is 0 Å². The van der Waals surface area contributed by atoms with Crippen molar-refractivity contribution in [1.29, 1.82) is 0 Å². The summed E-state index contributed by atoms with van der Waals surface area (Å²) in [6.45, 7) is 0. The number of carbonyl (C=O) groups excluding carboxylic acids is 2. The molecule has 0 aliphatic rings. The van der Waals surface area contributed by atoms with Crippen molar-refractivity contribution in [2.24, 2.45) is 5.10 Å². The molecule has 0 aliphatic heterocycles. The molecule has 0 bridgehead atoms. The molecule has 0 radical (unpaired) electrons. The Labute approximate surface area is 130 Å². The van der Waals surface area contributed by atoms with E-state index in [1.807, 2.05) is 0 Å². The quantitative estimate of drug-likeness (QED) is 0.326. The lowest BCUT2D eigenvalue weighted by Gasteiger charge is -2.02. The Balaban J connectivity index is 2.01. The smallest absolute Gasteiger partial charge is 0.274 e. The van der Waals surface area contributed by atoms with Crippen LogP contribution in [-0.4, -0.2) is 33.4 Å². The third kappa shape index (κ3) is 4.05. The van der Waals surface area contributed by atoms with Crippen molar-refractivity contribution in [1.82, 2.24) is 10.9 Å². The van der Waals surface area contributed by atoms with Crippen molar-refractivity contribution in [2.45, 2.75) is 0 Å². The molecule has 0 fully saturated rings. The minimum Gasteiger partial charge on any atom is -0.508 e.